The molecule has 0 saturated heterocycles. The van der Waals surface area contributed by atoms with Crippen molar-refractivity contribution in [3.8, 4) is 0 Å². The molecule has 7 nitrogen and oxygen atoms in total. The number of nitrogens with one attached hydrogen (secondary N) is 1. The highest BCUT2D eigenvalue weighted by Gasteiger charge is 2.25. The number of amides is 2. The molecule has 0 bridgehead atoms. The van der Waals surface area contributed by atoms with Gasteiger partial charge in [0.15, 0.2) is 0 Å². The van der Waals surface area contributed by atoms with E-state index in [0.717, 1.165) is 17.7 Å². The molecule has 1 N–H and O–H groups in total. The quantitative estimate of drug-likeness (QED) is 0.615. The Morgan fingerprint density at radius 2 is 2.04 bits per heavy atom. The first-order valence-electron chi connectivity index (χ1n) is 8.59. The van der Waals surface area contributed by atoms with Crippen molar-refractivity contribution in [2.24, 2.45) is 0 Å². The molecule has 1 aliphatic heterocycles. The maximum Gasteiger partial charge on any atom is 0.282 e. The summed E-state index contributed by atoms with van der Waals surface area (Å²) in [6.07, 6.45) is 1.86. The Kier molecular flexibility index (Phi) is 5.41. The van der Waals surface area contributed by atoms with Gasteiger partial charge in [-0.1, -0.05) is 18.5 Å². The van der Waals surface area contributed by atoms with E-state index in [9.17, 15) is 19.7 Å². The predicted octanol–water partition coefficient (Wildman–Crippen LogP) is 4.19. The lowest BCUT2D eigenvalue weighted by Crippen LogP contribution is -2.35. The average molecular weight is 388 g/mol. The van der Waals surface area contributed by atoms with Crippen LogP contribution in [0.4, 0.5) is 17.1 Å². The minimum atomic E-state index is -0.619. The summed E-state index contributed by atoms with van der Waals surface area (Å²) in [6, 6.07) is 9.14. The van der Waals surface area contributed by atoms with Gasteiger partial charge in [-0.05, 0) is 48.7 Å². The molecule has 1 aliphatic rings. The van der Waals surface area contributed by atoms with Crippen molar-refractivity contribution in [3.63, 3.8) is 0 Å². The molecule has 8 heteroatoms. The van der Waals surface area contributed by atoms with Crippen LogP contribution in [0.5, 0.6) is 0 Å². The first kappa shape index (κ1) is 18.8. The zero-order valence-electron chi connectivity index (χ0n) is 14.7. The molecule has 0 unspecified atom stereocenters. The lowest BCUT2D eigenvalue weighted by molar-refractivity contribution is -0.385. The van der Waals surface area contributed by atoms with E-state index in [0.29, 0.717) is 25.1 Å². The smallest absolute Gasteiger partial charge is 0.282 e. The molecule has 0 aliphatic carbocycles. The van der Waals surface area contributed by atoms with Gasteiger partial charge in [-0.2, -0.15) is 0 Å². The number of nitrogens with zero attached hydrogens (tertiary/aromatic N) is 2. The Labute approximate surface area is 161 Å². The van der Waals surface area contributed by atoms with Crippen molar-refractivity contribution in [2.75, 3.05) is 16.8 Å². The van der Waals surface area contributed by atoms with Gasteiger partial charge in [0, 0.05) is 35.4 Å². The number of halogens is 1. The van der Waals surface area contributed by atoms with Crippen LogP contribution in [0, 0.1) is 10.1 Å². The van der Waals surface area contributed by atoms with E-state index in [1.165, 1.54) is 18.2 Å². The van der Waals surface area contributed by atoms with Crippen molar-refractivity contribution in [1.82, 2.24) is 0 Å². The number of anilines is 2. The number of nitro groups is 1. The number of benzene rings is 2. The van der Waals surface area contributed by atoms with Gasteiger partial charge in [-0.25, -0.2) is 0 Å². The summed E-state index contributed by atoms with van der Waals surface area (Å²) in [5, 5.41) is 14.1. The van der Waals surface area contributed by atoms with Gasteiger partial charge < -0.3 is 10.2 Å². The lowest BCUT2D eigenvalue weighted by atomic mass is 10.00. The summed E-state index contributed by atoms with van der Waals surface area (Å²) in [5.74, 6) is -0.517. The molecule has 2 aromatic carbocycles. The van der Waals surface area contributed by atoms with E-state index in [4.69, 9.17) is 11.6 Å². The molecule has 0 fully saturated rings. The highest BCUT2D eigenvalue weighted by Crippen LogP contribution is 2.31. The number of hydrogen-bond donors (Lipinski definition) is 1. The maximum atomic E-state index is 12.5. The molecular weight excluding hydrogens is 370 g/mol. The summed E-state index contributed by atoms with van der Waals surface area (Å²) in [5.41, 5.74) is 1.91. The predicted molar refractivity (Wildman–Crippen MR) is 103 cm³/mol. The summed E-state index contributed by atoms with van der Waals surface area (Å²) < 4.78 is 0. The van der Waals surface area contributed by atoms with E-state index >= 15 is 0 Å². The topological polar surface area (TPSA) is 92.6 Å². The van der Waals surface area contributed by atoms with Crippen molar-refractivity contribution in [2.45, 2.75) is 26.2 Å². The summed E-state index contributed by atoms with van der Waals surface area (Å²) >= 11 is 5.88. The van der Waals surface area contributed by atoms with Crippen molar-refractivity contribution in [3.05, 3.63) is 62.7 Å². The molecule has 0 atom stereocenters. The number of carbonyl (C=O) groups is 2. The van der Waals surface area contributed by atoms with Gasteiger partial charge in [0.05, 0.1) is 4.92 Å². The van der Waals surface area contributed by atoms with Gasteiger partial charge >= 0.3 is 0 Å². The monoisotopic (exact) mass is 387 g/mol. The van der Waals surface area contributed by atoms with E-state index in [1.54, 1.807) is 23.1 Å². The third-order valence-corrected chi connectivity index (χ3v) is 4.62. The summed E-state index contributed by atoms with van der Waals surface area (Å²) in [6.45, 7) is 2.65. The van der Waals surface area contributed by atoms with Crippen molar-refractivity contribution in [1.29, 1.82) is 0 Å². The second-order valence-corrected chi connectivity index (χ2v) is 6.70. The van der Waals surface area contributed by atoms with Gasteiger partial charge in [-0.15, -0.1) is 0 Å². The zero-order valence-corrected chi connectivity index (χ0v) is 15.5. The fourth-order valence-electron chi connectivity index (χ4n) is 3.15. The van der Waals surface area contributed by atoms with E-state index < -0.39 is 10.8 Å². The maximum absolute atomic E-state index is 12.5. The Balaban J connectivity index is 1.87. The summed E-state index contributed by atoms with van der Waals surface area (Å²) in [7, 11) is 0. The van der Waals surface area contributed by atoms with Gasteiger partial charge in [0.25, 0.3) is 11.6 Å². The van der Waals surface area contributed by atoms with E-state index in [1.807, 2.05) is 6.92 Å². The minimum absolute atomic E-state index is 0.0932. The van der Waals surface area contributed by atoms with Gasteiger partial charge in [0.1, 0.15) is 5.56 Å². The van der Waals surface area contributed by atoms with Crippen LogP contribution in [0.25, 0.3) is 0 Å². The van der Waals surface area contributed by atoms with Crippen LogP contribution in [0.2, 0.25) is 5.02 Å². The van der Waals surface area contributed by atoms with E-state index in [2.05, 4.69) is 5.32 Å². The van der Waals surface area contributed by atoms with Crippen LogP contribution in [0.1, 0.15) is 35.7 Å². The largest absolute Gasteiger partial charge is 0.322 e. The van der Waals surface area contributed by atoms with Crippen LogP contribution in [0.15, 0.2) is 36.4 Å². The molecule has 3 rings (SSSR count). The number of hydrogen-bond acceptors (Lipinski definition) is 4. The SMILES string of the molecule is CCCN1C(=O)CCc2cc(NC(=O)c3cc(Cl)ccc3[N+](=O)[O-])ccc21. The highest BCUT2D eigenvalue weighted by molar-refractivity contribution is 6.31. The first-order chi connectivity index (χ1) is 12.9. The minimum Gasteiger partial charge on any atom is -0.322 e. The number of nitro benzene ring substituents is 1. The molecule has 0 radical (unpaired) electrons. The zero-order chi connectivity index (χ0) is 19.6. The second-order valence-electron chi connectivity index (χ2n) is 6.26. The molecule has 0 aromatic heterocycles. The van der Waals surface area contributed by atoms with Crippen LogP contribution in [0.3, 0.4) is 0 Å². The van der Waals surface area contributed by atoms with Crippen LogP contribution < -0.4 is 10.2 Å². The number of fused-ring (bicyclic) bond motifs is 1. The van der Waals surface area contributed by atoms with E-state index in [-0.39, 0.29) is 22.2 Å². The molecule has 2 amide bonds. The van der Waals surface area contributed by atoms with Gasteiger partial charge in [0.2, 0.25) is 5.91 Å². The number of rotatable bonds is 5. The summed E-state index contributed by atoms with van der Waals surface area (Å²) in [4.78, 5) is 36.9. The molecule has 0 spiro atoms. The normalized spacial score (nSPS) is 13.3. The Hall–Kier alpha value is -2.93. The Bertz CT molecular complexity index is 929. The lowest BCUT2D eigenvalue weighted by Gasteiger charge is -2.29. The third-order valence-electron chi connectivity index (χ3n) is 4.38. The fourth-order valence-corrected chi connectivity index (χ4v) is 3.33. The molecule has 1 heterocycles. The molecule has 140 valence electrons. The van der Waals surface area contributed by atoms with Crippen LogP contribution in [-0.4, -0.2) is 23.3 Å². The van der Waals surface area contributed by atoms with Crippen molar-refractivity contribution >= 4 is 40.5 Å². The van der Waals surface area contributed by atoms with Crippen molar-refractivity contribution < 1.29 is 14.5 Å². The average Bonchev–Trinajstić information content (AvgIpc) is 2.63. The Morgan fingerprint density at radius 3 is 2.74 bits per heavy atom. The first-order valence-corrected chi connectivity index (χ1v) is 8.97. The third kappa shape index (κ3) is 3.93. The standard InChI is InChI=1S/C19H18ClN3O4/c1-2-9-22-16-7-5-14(10-12(16)3-8-18(22)24)21-19(25)15-11-13(20)4-6-17(15)23(26)27/h4-7,10-11H,2-3,8-9H2,1H3,(H,21,25). The van der Waals surface area contributed by atoms with Crippen LogP contribution in [-0.2, 0) is 11.2 Å². The molecule has 0 saturated carbocycles. The number of carbonyl (C=O) groups excluding carboxylic acids is 2. The number of aryl methyl sites for hydroxylation is 1. The highest BCUT2D eigenvalue weighted by atomic mass is 35.5. The fraction of sp³-hybridized carbons (Fsp3) is 0.263. The molecule has 27 heavy (non-hydrogen) atoms. The van der Waals surface area contributed by atoms with Gasteiger partial charge in [-0.3, -0.25) is 19.7 Å². The van der Waals surface area contributed by atoms with Crippen LogP contribution >= 0.6 is 11.6 Å². The Morgan fingerprint density at radius 1 is 1.26 bits per heavy atom. The molecule has 2 aromatic rings. The molecular formula is C19H18ClN3O4. The second kappa shape index (κ2) is 7.75.